The van der Waals surface area contributed by atoms with Crippen molar-refractivity contribution in [2.75, 3.05) is 25.5 Å². The molecule has 0 aromatic heterocycles. The Morgan fingerprint density at radius 1 is 1.17 bits per heavy atom. The number of carbonyl (C=O) groups excluding carboxylic acids is 2. The molecule has 0 saturated carbocycles. The zero-order valence-electron chi connectivity index (χ0n) is 17.2. The number of amides is 1. The van der Waals surface area contributed by atoms with Crippen LogP contribution in [0.15, 0.2) is 30.3 Å². The molecule has 30 heavy (non-hydrogen) atoms. The smallest absolute Gasteiger partial charge is 0.340 e. The molecule has 1 amide bonds. The number of rotatable bonds is 9. The molecule has 9 nitrogen and oxygen atoms in total. The van der Waals surface area contributed by atoms with E-state index in [1.54, 1.807) is 0 Å². The molecule has 2 aromatic carbocycles. The third-order valence-corrected chi connectivity index (χ3v) is 4.47. The first-order valence-corrected chi connectivity index (χ1v) is 9.37. The summed E-state index contributed by atoms with van der Waals surface area (Å²) in [6.45, 7) is 6.35. The molecule has 0 heterocycles. The molecule has 0 aliphatic rings. The van der Waals surface area contributed by atoms with Gasteiger partial charge in [0.1, 0.15) is 5.75 Å². The number of aryl methyl sites for hydroxylation is 2. The number of nitrogens with one attached hydrogen (secondary N) is 1. The molecule has 0 aliphatic heterocycles. The number of ether oxygens (including phenoxy) is 2. The molecule has 160 valence electrons. The van der Waals surface area contributed by atoms with Crippen molar-refractivity contribution in [2.24, 2.45) is 0 Å². The van der Waals surface area contributed by atoms with Gasteiger partial charge in [0.2, 0.25) is 0 Å². The predicted molar refractivity (Wildman–Crippen MR) is 112 cm³/mol. The van der Waals surface area contributed by atoms with Crippen LogP contribution in [0.3, 0.4) is 0 Å². The van der Waals surface area contributed by atoms with Crippen LogP contribution >= 0.6 is 0 Å². The van der Waals surface area contributed by atoms with Gasteiger partial charge in [-0.3, -0.25) is 14.9 Å². The van der Waals surface area contributed by atoms with Gasteiger partial charge in [-0.2, -0.15) is 0 Å². The maximum absolute atomic E-state index is 12.0. The number of hydrogen-bond donors (Lipinski definition) is 2. The molecule has 0 saturated heterocycles. The topological polar surface area (TPSA) is 134 Å². The molecule has 0 fully saturated rings. The van der Waals surface area contributed by atoms with Crippen molar-refractivity contribution in [2.45, 2.75) is 27.2 Å². The molecule has 0 aliphatic carbocycles. The Morgan fingerprint density at radius 3 is 2.57 bits per heavy atom. The summed E-state index contributed by atoms with van der Waals surface area (Å²) in [5.41, 5.74) is 8.64. The standard InChI is InChI=1S/C21H25N3O6/c1-13-9-14(2)15(3)19(10-13)29-8-4-7-23-20(25)12-30-21(26)17-6-5-16(24(27)28)11-18(17)22/h5-6,9-11H,4,7-8,12,22H2,1-3H3,(H,23,25). The normalized spacial score (nSPS) is 10.4. The first kappa shape index (κ1) is 22.7. The lowest BCUT2D eigenvalue weighted by Crippen LogP contribution is -2.30. The quantitative estimate of drug-likeness (QED) is 0.211. The van der Waals surface area contributed by atoms with Gasteiger partial charge >= 0.3 is 5.97 Å². The van der Waals surface area contributed by atoms with Gasteiger partial charge in [-0.25, -0.2) is 4.79 Å². The van der Waals surface area contributed by atoms with E-state index in [0.717, 1.165) is 34.6 Å². The number of nitrogens with two attached hydrogens (primary N) is 1. The molecule has 0 bridgehead atoms. The van der Waals surface area contributed by atoms with Gasteiger partial charge in [0.15, 0.2) is 6.61 Å². The molecule has 0 radical (unpaired) electrons. The Labute approximate surface area is 174 Å². The van der Waals surface area contributed by atoms with Crippen molar-refractivity contribution in [3.8, 4) is 5.75 Å². The zero-order valence-corrected chi connectivity index (χ0v) is 17.2. The van der Waals surface area contributed by atoms with Crippen LogP contribution in [0.2, 0.25) is 0 Å². The number of carbonyl (C=O) groups is 2. The van der Waals surface area contributed by atoms with Crippen molar-refractivity contribution in [3.63, 3.8) is 0 Å². The van der Waals surface area contributed by atoms with Gasteiger partial charge in [-0.1, -0.05) is 6.07 Å². The lowest BCUT2D eigenvalue weighted by Gasteiger charge is -2.12. The highest BCUT2D eigenvalue weighted by Crippen LogP contribution is 2.23. The van der Waals surface area contributed by atoms with Crippen molar-refractivity contribution in [1.82, 2.24) is 5.32 Å². The van der Waals surface area contributed by atoms with Crippen LogP contribution in [0.25, 0.3) is 0 Å². The Bertz CT molecular complexity index is 958. The van der Waals surface area contributed by atoms with E-state index >= 15 is 0 Å². The first-order valence-electron chi connectivity index (χ1n) is 9.37. The van der Waals surface area contributed by atoms with Crippen LogP contribution in [-0.4, -0.2) is 36.6 Å². The van der Waals surface area contributed by atoms with E-state index in [4.69, 9.17) is 15.2 Å². The minimum absolute atomic E-state index is 0.0365. The van der Waals surface area contributed by atoms with Gasteiger partial charge in [-0.15, -0.1) is 0 Å². The molecule has 9 heteroatoms. The van der Waals surface area contributed by atoms with Crippen molar-refractivity contribution >= 4 is 23.3 Å². The molecular weight excluding hydrogens is 390 g/mol. The summed E-state index contributed by atoms with van der Waals surface area (Å²) in [4.78, 5) is 33.9. The van der Waals surface area contributed by atoms with E-state index in [1.165, 1.54) is 6.07 Å². The molecule has 0 spiro atoms. The van der Waals surface area contributed by atoms with Gasteiger partial charge < -0.3 is 20.5 Å². The molecule has 3 N–H and O–H groups in total. The minimum atomic E-state index is -0.828. The maximum Gasteiger partial charge on any atom is 0.340 e. The molecule has 0 unspecified atom stereocenters. The fourth-order valence-corrected chi connectivity index (χ4v) is 2.74. The Hall–Kier alpha value is -3.62. The summed E-state index contributed by atoms with van der Waals surface area (Å²) in [5.74, 6) is -0.467. The van der Waals surface area contributed by atoms with E-state index in [1.807, 2.05) is 26.8 Å². The lowest BCUT2D eigenvalue weighted by atomic mass is 10.1. The minimum Gasteiger partial charge on any atom is -0.493 e. The van der Waals surface area contributed by atoms with E-state index in [0.29, 0.717) is 19.6 Å². The Balaban J connectivity index is 1.71. The third kappa shape index (κ3) is 6.20. The third-order valence-electron chi connectivity index (χ3n) is 4.47. The van der Waals surface area contributed by atoms with Crippen molar-refractivity contribution < 1.29 is 24.0 Å². The highest BCUT2D eigenvalue weighted by atomic mass is 16.6. The molecular formula is C21H25N3O6. The second-order valence-corrected chi connectivity index (χ2v) is 6.86. The van der Waals surface area contributed by atoms with E-state index < -0.39 is 23.4 Å². The highest BCUT2D eigenvalue weighted by Gasteiger charge is 2.16. The van der Waals surface area contributed by atoms with E-state index in [9.17, 15) is 19.7 Å². The maximum atomic E-state index is 12.0. The second-order valence-electron chi connectivity index (χ2n) is 6.86. The van der Waals surface area contributed by atoms with Crippen LogP contribution in [0.5, 0.6) is 5.75 Å². The predicted octanol–water partition coefficient (Wildman–Crippen LogP) is 2.84. The van der Waals surface area contributed by atoms with Gasteiger partial charge in [-0.05, 0) is 56.0 Å². The summed E-state index contributed by atoms with van der Waals surface area (Å²) in [5, 5.41) is 13.3. The molecule has 0 atom stereocenters. The summed E-state index contributed by atoms with van der Waals surface area (Å²) in [6, 6.07) is 7.47. The number of anilines is 1. The Kier molecular flexibility index (Phi) is 7.74. The summed E-state index contributed by atoms with van der Waals surface area (Å²) < 4.78 is 10.7. The van der Waals surface area contributed by atoms with Gasteiger partial charge in [0, 0.05) is 18.7 Å². The van der Waals surface area contributed by atoms with Gasteiger partial charge in [0.05, 0.1) is 22.8 Å². The van der Waals surface area contributed by atoms with Crippen LogP contribution in [-0.2, 0) is 9.53 Å². The van der Waals surface area contributed by atoms with Crippen molar-refractivity contribution in [1.29, 1.82) is 0 Å². The second kappa shape index (κ2) is 10.2. The largest absolute Gasteiger partial charge is 0.493 e. The van der Waals surface area contributed by atoms with Crippen molar-refractivity contribution in [3.05, 3.63) is 62.7 Å². The number of hydrogen-bond acceptors (Lipinski definition) is 7. The average molecular weight is 415 g/mol. The number of nitro groups is 1. The number of benzene rings is 2. The summed E-state index contributed by atoms with van der Waals surface area (Å²) >= 11 is 0. The van der Waals surface area contributed by atoms with E-state index in [-0.39, 0.29) is 16.9 Å². The fraction of sp³-hybridized carbons (Fsp3) is 0.333. The molecule has 2 aromatic rings. The van der Waals surface area contributed by atoms with Crippen LogP contribution in [0, 0.1) is 30.9 Å². The van der Waals surface area contributed by atoms with E-state index in [2.05, 4.69) is 11.4 Å². The van der Waals surface area contributed by atoms with Crippen LogP contribution < -0.4 is 15.8 Å². The summed E-state index contributed by atoms with van der Waals surface area (Å²) in [7, 11) is 0. The first-order chi connectivity index (χ1) is 14.2. The highest BCUT2D eigenvalue weighted by molar-refractivity contribution is 5.96. The number of nitro benzene ring substituents is 1. The SMILES string of the molecule is Cc1cc(C)c(C)c(OCCCNC(=O)COC(=O)c2ccc([N+](=O)[O-])cc2N)c1. The van der Waals surface area contributed by atoms with Crippen LogP contribution in [0.4, 0.5) is 11.4 Å². The number of nitrogens with zero attached hydrogens (tertiary/aromatic N) is 1. The zero-order chi connectivity index (χ0) is 22.3. The number of nitrogen functional groups attached to an aromatic ring is 1. The van der Waals surface area contributed by atoms with Gasteiger partial charge in [0.25, 0.3) is 11.6 Å². The average Bonchev–Trinajstić information content (AvgIpc) is 2.69. The number of non-ortho nitro benzene ring substituents is 1. The lowest BCUT2D eigenvalue weighted by molar-refractivity contribution is -0.384. The monoisotopic (exact) mass is 415 g/mol. The summed E-state index contributed by atoms with van der Waals surface area (Å²) in [6.07, 6.45) is 0.585. The van der Waals surface area contributed by atoms with Crippen LogP contribution in [0.1, 0.15) is 33.5 Å². The number of esters is 1. The Morgan fingerprint density at radius 2 is 1.90 bits per heavy atom. The molecule has 2 rings (SSSR count). The fourth-order valence-electron chi connectivity index (χ4n) is 2.74.